The summed E-state index contributed by atoms with van der Waals surface area (Å²) in [5, 5.41) is 0. The summed E-state index contributed by atoms with van der Waals surface area (Å²) < 4.78 is 27.6. The largest absolute Gasteiger partial charge is 0.468 e. The molecule has 1 heterocycles. The fourth-order valence-corrected chi connectivity index (χ4v) is 2.29. The van der Waals surface area contributed by atoms with E-state index in [9.17, 15) is 0 Å². The van der Waals surface area contributed by atoms with E-state index in [0.717, 1.165) is 17.1 Å². The van der Waals surface area contributed by atoms with Gasteiger partial charge in [0.25, 0.3) is 0 Å². The van der Waals surface area contributed by atoms with Gasteiger partial charge in [0.2, 0.25) is 5.79 Å². The molecule has 5 nitrogen and oxygen atoms in total. The second-order valence-corrected chi connectivity index (χ2v) is 5.50. The zero-order valence-electron chi connectivity index (χ0n) is 13.5. The number of ether oxygens (including phenoxy) is 5. The van der Waals surface area contributed by atoms with Gasteiger partial charge in [0, 0.05) is 26.5 Å². The summed E-state index contributed by atoms with van der Waals surface area (Å²) in [5.41, 5.74) is 0.966. The Morgan fingerprint density at radius 1 is 1.32 bits per heavy atom. The van der Waals surface area contributed by atoms with E-state index in [-0.39, 0.29) is 12.9 Å². The molecule has 0 amide bonds. The minimum Gasteiger partial charge on any atom is -0.468 e. The molecule has 22 heavy (non-hydrogen) atoms. The molecule has 2 rings (SSSR count). The average molecular weight is 308 g/mol. The molecular weight excluding hydrogens is 284 g/mol. The molecule has 1 atom stereocenters. The van der Waals surface area contributed by atoms with Crippen LogP contribution in [-0.4, -0.2) is 32.9 Å². The summed E-state index contributed by atoms with van der Waals surface area (Å²) in [7, 11) is 1.63. The molecule has 122 valence electrons. The Hall–Kier alpha value is -1.56. The lowest BCUT2D eigenvalue weighted by atomic mass is 10.0. The first-order valence-electron chi connectivity index (χ1n) is 7.37. The van der Waals surface area contributed by atoms with E-state index >= 15 is 0 Å². The maximum atomic E-state index is 5.96. The first-order valence-corrected chi connectivity index (χ1v) is 7.37. The summed E-state index contributed by atoms with van der Waals surface area (Å²) in [6.45, 7) is 8.83. The predicted octanol–water partition coefficient (Wildman–Crippen LogP) is 3.45. The normalized spacial score (nSPS) is 19.1. The molecule has 1 aromatic carbocycles. The van der Waals surface area contributed by atoms with Crippen molar-refractivity contribution in [2.24, 2.45) is 0 Å². The van der Waals surface area contributed by atoms with Crippen LogP contribution < -0.4 is 9.47 Å². The van der Waals surface area contributed by atoms with Crippen molar-refractivity contribution in [2.75, 3.05) is 27.1 Å². The molecule has 0 radical (unpaired) electrons. The van der Waals surface area contributed by atoms with E-state index in [0.29, 0.717) is 19.6 Å². The molecule has 0 saturated carbocycles. The van der Waals surface area contributed by atoms with E-state index in [1.807, 2.05) is 38.1 Å². The molecule has 0 bridgehead atoms. The highest BCUT2D eigenvalue weighted by Crippen LogP contribution is 2.41. The van der Waals surface area contributed by atoms with Gasteiger partial charge in [-0.1, -0.05) is 6.08 Å². The molecule has 0 spiro atoms. The Kier molecular flexibility index (Phi) is 5.83. The second-order valence-electron chi connectivity index (χ2n) is 5.50. The zero-order chi connectivity index (χ0) is 16.0. The van der Waals surface area contributed by atoms with Gasteiger partial charge in [0.1, 0.15) is 11.5 Å². The van der Waals surface area contributed by atoms with Crippen LogP contribution >= 0.6 is 0 Å². The molecule has 5 heteroatoms. The Balaban J connectivity index is 2.05. The number of hydrogen-bond acceptors (Lipinski definition) is 5. The molecule has 1 aliphatic rings. The van der Waals surface area contributed by atoms with Crippen molar-refractivity contribution in [3.05, 3.63) is 36.4 Å². The number of rotatable bonds is 8. The van der Waals surface area contributed by atoms with E-state index in [2.05, 4.69) is 6.58 Å². The summed E-state index contributed by atoms with van der Waals surface area (Å²) in [4.78, 5) is 0. The maximum Gasteiger partial charge on any atom is 0.205 e. The molecule has 0 fully saturated rings. The van der Waals surface area contributed by atoms with Crippen molar-refractivity contribution in [1.29, 1.82) is 0 Å². The Bertz CT molecular complexity index is 498. The van der Waals surface area contributed by atoms with Gasteiger partial charge in [-0.05, 0) is 24.6 Å². The van der Waals surface area contributed by atoms with Crippen LogP contribution in [0.15, 0.2) is 30.9 Å². The molecule has 1 unspecified atom stereocenters. The van der Waals surface area contributed by atoms with E-state index < -0.39 is 5.79 Å². The summed E-state index contributed by atoms with van der Waals surface area (Å²) in [6, 6.07) is 5.70. The molecule has 0 saturated heterocycles. The van der Waals surface area contributed by atoms with Gasteiger partial charge in [-0.2, -0.15) is 0 Å². The summed E-state index contributed by atoms with van der Waals surface area (Å²) in [6.07, 6.45) is 2.47. The van der Waals surface area contributed by atoms with Gasteiger partial charge in [-0.25, -0.2) is 0 Å². The van der Waals surface area contributed by atoms with E-state index in [1.165, 1.54) is 0 Å². The molecule has 0 aliphatic carbocycles. The lowest BCUT2D eigenvalue weighted by molar-refractivity contribution is -0.206. The standard InChI is InChI=1S/C17H24O5/c1-5-6-15-14-11-13(20-12-19-10-9-18-4)7-8-16(14)22-17(2,3)21-15/h5,7-8,11,15H,1,6,9-10,12H2,2-4H3. The van der Waals surface area contributed by atoms with Crippen molar-refractivity contribution < 1.29 is 23.7 Å². The third-order valence-electron chi connectivity index (χ3n) is 3.23. The molecule has 0 aromatic heterocycles. The SMILES string of the molecule is C=CCC1OC(C)(C)Oc2ccc(OCOCCOC)cc21. The summed E-state index contributed by atoms with van der Waals surface area (Å²) in [5.74, 6) is 0.889. The number of hydrogen-bond donors (Lipinski definition) is 0. The van der Waals surface area contributed by atoms with Crippen molar-refractivity contribution in [3.8, 4) is 11.5 Å². The molecule has 0 N–H and O–H groups in total. The minimum atomic E-state index is -0.647. The van der Waals surface area contributed by atoms with Gasteiger partial charge in [0.05, 0.1) is 19.3 Å². The minimum absolute atomic E-state index is 0.0887. The van der Waals surface area contributed by atoms with Crippen LogP contribution in [0.4, 0.5) is 0 Å². The van der Waals surface area contributed by atoms with Crippen LogP contribution in [0.3, 0.4) is 0 Å². The lowest BCUT2D eigenvalue weighted by Crippen LogP contribution is -2.37. The zero-order valence-corrected chi connectivity index (χ0v) is 13.5. The fraction of sp³-hybridized carbons (Fsp3) is 0.529. The van der Waals surface area contributed by atoms with Gasteiger partial charge >= 0.3 is 0 Å². The van der Waals surface area contributed by atoms with Gasteiger partial charge in [-0.15, -0.1) is 6.58 Å². The van der Waals surface area contributed by atoms with E-state index in [1.54, 1.807) is 7.11 Å². The van der Waals surface area contributed by atoms with Crippen LogP contribution in [0.25, 0.3) is 0 Å². The molecule has 1 aromatic rings. The summed E-state index contributed by atoms with van der Waals surface area (Å²) >= 11 is 0. The number of fused-ring (bicyclic) bond motifs is 1. The third-order valence-corrected chi connectivity index (χ3v) is 3.23. The number of methoxy groups -OCH3 is 1. The van der Waals surface area contributed by atoms with E-state index in [4.69, 9.17) is 23.7 Å². The van der Waals surface area contributed by atoms with Crippen LogP contribution in [0, 0.1) is 0 Å². The molecular formula is C17H24O5. The fourth-order valence-electron chi connectivity index (χ4n) is 2.29. The Morgan fingerprint density at radius 3 is 2.86 bits per heavy atom. The average Bonchev–Trinajstić information content (AvgIpc) is 2.47. The topological polar surface area (TPSA) is 46.2 Å². The Morgan fingerprint density at radius 2 is 2.14 bits per heavy atom. The molecule has 1 aliphatic heterocycles. The Labute approximate surface area is 131 Å². The smallest absolute Gasteiger partial charge is 0.205 e. The van der Waals surface area contributed by atoms with Crippen molar-refractivity contribution >= 4 is 0 Å². The van der Waals surface area contributed by atoms with Gasteiger partial charge < -0.3 is 23.7 Å². The highest BCUT2D eigenvalue weighted by atomic mass is 16.7. The third kappa shape index (κ3) is 4.47. The highest BCUT2D eigenvalue weighted by Gasteiger charge is 2.33. The van der Waals surface area contributed by atoms with Crippen molar-refractivity contribution in [2.45, 2.75) is 32.2 Å². The monoisotopic (exact) mass is 308 g/mol. The van der Waals surface area contributed by atoms with Crippen LogP contribution in [0.2, 0.25) is 0 Å². The highest BCUT2D eigenvalue weighted by molar-refractivity contribution is 5.43. The van der Waals surface area contributed by atoms with Crippen LogP contribution in [0.1, 0.15) is 31.9 Å². The van der Waals surface area contributed by atoms with Crippen LogP contribution in [0.5, 0.6) is 11.5 Å². The first kappa shape index (κ1) is 16.8. The van der Waals surface area contributed by atoms with Gasteiger partial charge in [-0.3, -0.25) is 0 Å². The lowest BCUT2D eigenvalue weighted by Gasteiger charge is -2.37. The quantitative estimate of drug-likeness (QED) is 0.418. The van der Waals surface area contributed by atoms with Gasteiger partial charge in [0.15, 0.2) is 6.79 Å². The first-order chi connectivity index (χ1) is 10.6. The number of benzene rings is 1. The predicted molar refractivity (Wildman–Crippen MR) is 83.1 cm³/mol. The van der Waals surface area contributed by atoms with Crippen LogP contribution in [-0.2, 0) is 14.2 Å². The second kappa shape index (κ2) is 7.63. The van der Waals surface area contributed by atoms with Crippen molar-refractivity contribution in [3.63, 3.8) is 0 Å². The maximum absolute atomic E-state index is 5.96. The van der Waals surface area contributed by atoms with Crippen molar-refractivity contribution in [1.82, 2.24) is 0 Å².